The van der Waals surface area contributed by atoms with E-state index in [9.17, 15) is 4.79 Å². The van der Waals surface area contributed by atoms with Crippen LogP contribution in [0.3, 0.4) is 0 Å². The summed E-state index contributed by atoms with van der Waals surface area (Å²) in [6, 6.07) is 3.94. The Labute approximate surface area is 119 Å². The Bertz CT molecular complexity index is 490. The molecule has 1 saturated heterocycles. The molecule has 0 aromatic carbocycles. The minimum Gasteiger partial charge on any atom is -0.336 e. The number of nitrogens with two attached hydrogens (primary N) is 1. The fourth-order valence-electron chi connectivity index (χ4n) is 2.62. The molecule has 1 unspecified atom stereocenters. The summed E-state index contributed by atoms with van der Waals surface area (Å²) in [6.45, 7) is 6.46. The molecule has 1 aromatic heterocycles. The second kappa shape index (κ2) is 6.19. The molecular weight excluding hydrogens is 254 g/mol. The SMILES string of the molecule is CCC1CN(C(=O)c2cc(C)nc(NN)c2)CCN1C. The van der Waals surface area contributed by atoms with Crippen LogP contribution >= 0.6 is 0 Å². The third kappa shape index (κ3) is 3.08. The van der Waals surface area contributed by atoms with Crippen LogP contribution in [0.15, 0.2) is 12.1 Å². The minimum atomic E-state index is 0.0542. The van der Waals surface area contributed by atoms with E-state index in [0.29, 0.717) is 17.4 Å². The maximum absolute atomic E-state index is 12.6. The van der Waals surface area contributed by atoms with Crippen LogP contribution < -0.4 is 11.3 Å². The molecule has 110 valence electrons. The predicted octanol–water partition coefficient (Wildman–Crippen LogP) is 0.842. The molecule has 1 fully saturated rings. The number of aryl methyl sites for hydroxylation is 1. The van der Waals surface area contributed by atoms with Gasteiger partial charge in [0.05, 0.1) is 0 Å². The van der Waals surface area contributed by atoms with Gasteiger partial charge in [-0.3, -0.25) is 9.69 Å². The normalized spacial score (nSPS) is 20.0. The lowest BCUT2D eigenvalue weighted by atomic mass is 10.1. The average molecular weight is 277 g/mol. The Morgan fingerprint density at radius 2 is 2.25 bits per heavy atom. The van der Waals surface area contributed by atoms with Gasteiger partial charge < -0.3 is 10.3 Å². The molecule has 0 saturated carbocycles. The van der Waals surface area contributed by atoms with Gasteiger partial charge in [-0.05, 0) is 32.5 Å². The first kappa shape index (κ1) is 14.7. The van der Waals surface area contributed by atoms with Crippen molar-refractivity contribution in [1.29, 1.82) is 0 Å². The molecule has 0 aliphatic carbocycles. The van der Waals surface area contributed by atoms with E-state index in [1.54, 1.807) is 6.07 Å². The van der Waals surface area contributed by atoms with Gasteiger partial charge in [0.1, 0.15) is 5.82 Å². The van der Waals surface area contributed by atoms with Gasteiger partial charge in [-0.25, -0.2) is 10.8 Å². The molecule has 0 spiro atoms. The summed E-state index contributed by atoms with van der Waals surface area (Å²) < 4.78 is 0. The molecule has 6 nitrogen and oxygen atoms in total. The highest BCUT2D eigenvalue weighted by molar-refractivity contribution is 5.95. The van der Waals surface area contributed by atoms with Gasteiger partial charge in [-0.15, -0.1) is 0 Å². The van der Waals surface area contributed by atoms with Crippen molar-refractivity contribution in [3.63, 3.8) is 0 Å². The second-order valence-corrected chi connectivity index (χ2v) is 5.32. The number of hydrogen-bond acceptors (Lipinski definition) is 5. The number of carbonyl (C=O) groups excluding carboxylic acids is 1. The lowest BCUT2D eigenvalue weighted by Gasteiger charge is -2.39. The predicted molar refractivity (Wildman–Crippen MR) is 79.4 cm³/mol. The summed E-state index contributed by atoms with van der Waals surface area (Å²) in [5.41, 5.74) is 3.93. The zero-order chi connectivity index (χ0) is 14.7. The number of likely N-dealkylation sites (N-methyl/N-ethyl adjacent to an activating group) is 1. The van der Waals surface area contributed by atoms with E-state index in [1.165, 1.54) is 0 Å². The van der Waals surface area contributed by atoms with Crippen molar-refractivity contribution in [3.8, 4) is 0 Å². The summed E-state index contributed by atoms with van der Waals surface area (Å²) in [5, 5.41) is 0. The van der Waals surface area contributed by atoms with Gasteiger partial charge in [0.25, 0.3) is 5.91 Å². The summed E-state index contributed by atoms with van der Waals surface area (Å²) in [5.74, 6) is 5.96. The van der Waals surface area contributed by atoms with Gasteiger partial charge in [0, 0.05) is 36.9 Å². The second-order valence-electron chi connectivity index (χ2n) is 5.32. The van der Waals surface area contributed by atoms with Crippen LogP contribution in [0.25, 0.3) is 0 Å². The van der Waals surface area contributed by atoms with E-state index >= 15 is 0 Å². The maximum Gasteiger partial charge on any atom is 0.254 e. The molecule has 2 rings (SSSR count). The molecule has 1 amide bonds. The van der Waals surface area contributed by atoms with Crippen molar-refractivity contribution in [2.75, 3.05) is 32.1 Å². The van der Waals surface area contributed by atoms with Crippen molar-refractivity contribution in [2.24, 2.45) is 5.84 Å². The number of nitrogens with zero attached hydrogens (tertiary/aromatic N) is 3. The molecular formula is C14H23N5O. The van der Waals surface area contributed by atoms with Crippen molar-refractivity contribution in [1.82, 2.24) is 14.8 Å². The van der Waals surface area contributed by atoms with Gasteiger partial charge in [0.15, 0.2) is 0 Å². The number of rotatable bonds is 3. The lowest BCUT2D eigenvalue weighted by Crippen LogP contribution is -2.53. The minimum absolute atomic E-state index is 0.0542. The van der Waals surface area contributed by atoms with Crippen LogP contribution in [-0.4, -0.2) is 53.4 Å². The summed E-state index contributed by atoms with van der Waals surface area (Å²) in [4.78, 5) is 21.0. The monoisotopic (exact) mass is 277 g/mol. The Hall–Kier alpha value is -1.66. The van der Waals surface area contributed by atoms with Gasteiger partial charge in [-0.2, -0.15) is 0 Å². The van der Waals surface area contributed by atoms with Gasteiger partial charge in [0.2, 0.25) is 0 Å². The summed E-state index contributed by atoms with van der Waals surface area (Å²) >= 11 is 0. The molecule has 3 N–H and O–H groups in total. The number of anilines is 1. The smallest absolute Gasteiger partial charge is 0.254 e. The maximum atomic E-state index is 12.6. The fourth-order valence-corrected chi connectivity index (χ4v) is 2.62. The third-order valence-corrected chi connectivity index (χ3v) is 3.88. The van der Waals surface area contributed by atoms with Gasteiger partial charge >= 0.3 is 0 Å². The van der Waals surface area contributed by atoms with Gasteiger partial charge in [-0.1, -0.05) is 6.92 Å². The molecule has 1 aliphatic heterocycles. The zero-order valence-corrected chi connectivity index (χ0v) is 12.4. The molecule has 0 radical (unpaired) electrons. The van der Waals surface area contributed by atoms with Crippen LogP contribution in [0.4, 0.5) is 5.82 Å². The average Bonchev–Trinajstić information content (AvgIpc) is 2.46. The quantitative estimate of drug-likeness (QED) is 0.632. The van der Waals surface area contributed by atoms with E-state index in [-0.39, 0.29) is 5.91 Å². The fraction of sp³-hybridized carbons (Fsp3) is 0.571. The standard InChI is InChI=1S/C14H23N5O/c1-4-12-9-19(6-5-18(12)3)14(20)11-7-10(2)16-13(8-11)17-15/h7-8,12H,4-6,9,15H2,1-3H3,(H,16,17). The number of carbonyl (C=O) groups is 1. The van der Waals surface area contributed by atoms with E-state index < -0.39 is 0 Å². The highest BCUT2D eigenvalue weighted by Gasteiger charge is 2.27. The van der Waals surface area contributed by atoms with Crippen LogP contribution in [-0.2, 0) is 0 Å². The van der Waals surface area contributed by atoms with E-state index in [0.717, 1.165) is 31.7 Å². The first-order valence-corrected chi connectivity index (χ1v) is 7.00. The molecule has 6 heteroatoms. The lowest BCUT2D eigenvalue weighted by molar-refractivity contribution is 0.0541. The molecule has 1 atom stereocenters. The van der Waals surface area contributed by atoms with Crippen LogP contribution in [0.1, 0.15) is 29.4 Å². The molecule has 20 heavy (non-hydrogen) atoms. The molecule has 1 aliphatic rings. The van der Waals surface area contributed by atoms with E-state index in [1.807, 2.05) is 17.9 Å². The van der Waals surface area contributed by atoms with Crippen LogP contribution in [0, 0.1) is 6.92 Å². The van der Waals surface area contributed by atoms with Crippen LogP contribution in [0.5, 0.6) is 0 Å². The largest absolute Gasteiger partial charge is 0.336 e. The number of piperazine rings is 1. The van der Waals surface area contributed by atoms with Crippen molar-refractivity contribution < 1.29 is 4.79 Å². The highest BCUT2D eigenvalue weighted by Crippen LogP contribution is 2.16. The van der Waals surface area contributed by atoms with Crippen molar-refractivity contribution >= 4 is 11.7 Å². The van der Waals surface area contributed by atoms with E-state index in [2.05, 4.69) is 29.3 Å². The number of nitrogens with one attached hydrogen (secondary N) is 1. The van der Waals surface area contributed by atoms with Crippen molar-refractivity contribution in [2.45, 2.75) is 26.3 Å². The molecule has 1 aromatic rings. The van der Waals surface area contributed by atoms with Crippen molar-refractivity contribution in [3.05, 3.63) is 23.4 Å². The molecule has 0 bridgehead atoms. The number of amides is 1. The summed E-state index contributed by atoms with van der Waals surface area (Å²) in [7, 11) is 2.11. The van der Waals surface area contributed by atoms with Crippen LogP contribution in [0.2, 0.25) is 0 Å². The number of aromatic nitrogens is 1. The Balaban J connectivity index is 2.17. The summed E-state index contributed by atoms with van der Waals surface area (Å²) in [6.07, 6.45) is 1.05. The Kier molecular flexibility index (Phi) is 4.57. The number of pyridine rings is 1. The number of hydrazine groups is 1. The third-order valence-electron chi connectivity index (χ3n) is 3.88. The Morgan fingerprint density at radius 3 is 2.90 bits per heavy atom. The highest BCUT2D eigenvalue weighted by atomic mass is 16.2. The first-order valence-electron chi connectivity index (χ1n) is 7.00. The number of nitrogen functional groups attached to an aromatic ring is 1. The molecule has 2 heterocycles. The topological polar surface area (TPSA) is 74.5 Å². The van der Waals surface area contributed by atoms with E-state index in [4.69, 9.17) is 5.84 Å². The Morgan fingerprint density at radius 1 is 1.50 bits per heavy atom. The first-order chi connectivity index (χ1) is 9.55. The zero-order valence-electron chi connectivity index (χ0n) is 12.4. The number of hydrogen-bond donors (Lipinski definition) is 2.